The second-order valence-corrected chi connectivity index (χ2v) is 5.39. The molecule has 0 radical (unpaired) electrons. The summed E-state index contributed by atoms with van der Waals surface area (Å²) in [5, 5.41) is 0. The van der Waals surface area contributed by atoms with Crippen molar-refractivity contribution in [2.24, 2.45) is 11.7 Å². The third-order valence-electron chi connectivity index (χ3n) is 3.07. The highest BCUT2D eigenvalue weighted by Gasteiger charge is 2.31. The van der Waals surface area contributed by atoms with Gasteiger partial charge in [-0.05, 0) is 33.2 Å². The van der Waals surface area contributed by atoms with Crippen LogP contribution in [0.1, 0.15) is 34.1 Å². The first kappa shape index (κ1) is 12.9. The van der Waals surface area contributed by atoms with Gasteiger partial charge in [-0.25, -0.2) is 0 Å². The van der Waals surface area contributed by atoms with Gasteiger partial charge in [-0.3, -0.25) is 4.90 Å². The van der Waals surface area contributed by atoms with E-state index in [-0.39, 0.29) is 5.60 Å². The Morgan fingerprint density at radius 2 is 2.20 bits per heavy atom. The van der Waals surface area contributed by atoms with E-state index in [9.17, 15) is 0 Å². The average molecular weight is 214 g/mol. The van der Waals surface area contributed by atoms with Crippen molar-refractivity contribution in [1.29, 1.82) is 0 Å². The molecule has 0 aromatic rings. The maximum atomic E-state index is 5.88. The Morgan fingerprint density at radius 3 is 2.67 bits per heavy atom. The molecule has 0 amide bonds. The van der Waals surface area contributed by atoms with Crippen molar-refractivity contribution in [1.82, 2.24) is 4.90 Å². The number of ether oxygens (including phenoxy) is 1. The normalized spacial score (nSPS) is 29.0. The molecule has 0 aromatic heterocycles. The van der Waals surface area contributed by atoms with Crippen molar-refractivity contribution in [2.75, 3.05) is 26.2 Å². The monoisotopic (exact) mass is 214 g/mol. The van der Waals surface area contributed by atoms with E-state index in [2.05, 4.69) is 32.6 Å². The van der Waals surface area contributed by atoms with Gasteiger partial charge < -0.3 is 10.5 Å². The fourth-order valence-electron chi connectivity index (χ4n) is 2.46. The first-order chi connectivity index (χ1) is 6.96. The Morgan fingerprint density at radius 1 is 1.53 bits per heavy atom. The fourth-order valence-corrected chi connectivity index (χ4v) is 2.46. The molecule has 1 fully saturated rings. The standard InChI is InChI=1S/C12H26N2O/c1-5-11(6-13)8-14-7-10(2)15-12(3,4)9-14/h10-11H,5-9,13H2,1-4H3. The lowest BCUT2D eigenvalue weighted by Gasteiger charge is -2.42. The summed E-state index contributed by atoms with van der Waals surface area (Å²) >= 11 is 0. The Balaban J connectivity index is 2.47. The maximum absolute atomic E-state index is 5.88. The lowest BCUT2D eigenvalue weighted by atomic mass is 10.0. The molecule has 3 heteroatoms. The molecule has 0 bridgehead atoms. The predicted molar refractivity (Wildman–Crippen MR) is 63.9 cm³/mol. The Hall–Kier alpha value is -0.120. The average Bonchev–Trinajstić information content (AvgIpc) is 2.10. The van der Waals surface area contributed by atoms with Crippen LogP contribution in [0.4, 0.5) is 0 Å². The second-order valence-electron chi connectivity index (χ2n) is 5.39. The minimum absolute atomic E-state index is 0.00937. The van der Waals surface area contributed by atoms with E-state index in [1.54, 1.807) is 0 Å². The first-order valence-electron chi connectivity index (χ1n) is 6.07. The highest BCUT2D eigenvalue weighted by Crippen LogP contribution is 2.21. The smallest absolute Gasteiger partial charge is 0.0757 e. The van der Waals surface area contributed by atoms with Gasteiger partial charge in [0.05, 0.1) is 11.7 Å². The van der Waals surface area contributed by atoms with Crippen LogP contribution in [0.5, 0.6) is 0 Å². The number of hydrogen-bond donors (Lipinski definition) is 1. The molecule has 1 aliphatic heterocycles. The number of nitrogens with zero attached hydrogens (tertiary/aromatic N) is 1. The van der Waals surface area contributed by atoms with Gasteiger partial charge in [0, 0.05) is 19.6 Å². The summed E-state index contributed by atoms with van der Waals surface area (Å²) in [5.41, 5.74) is 5.74. The zero-order chi connectivity index (χ0) is 11.5. The van der Waals surface area contributed by atoms with E-state index in [0.717, 1.165) is 26.2 Å². The number of nitrogens with two attached hydrogens (primary N) is 1. The van der Waals surface area contributed by atoms with Crippen molar-refractivity contribution in [3.05, 3.63) is 0 Å². The molecular weight excluding hydrogens is 188 g/mol. The largest absolute Gasteiger partial charge is 0.370 e. The summed E-state index contributed by atoms with van der Waals surface area (Å²) in [6.07, 6.45) is 1.51. The lowest BCUT2D eigenvalue weighted by molar-refractivity contribution is -0.130. The maximum Gasteiger partial charge on any atom is 0.0757 e. The van der Waals surface area contributed by atoms with Gasteiger partial charge in [0.1, 0.15) is 0 Å². The highest BCUT2D eigenvalue weighted by atomic mass is 16.5. The molecule has 0 aromatic carbocycles. The third kappa shape index (κ3) is 4.09. The summed E-state index contributed by atoms with van der Waals surface area (Å²) in [6, 6.07) is 0. The summed E-state index contributed by atoms with van der Waals surface area (Å²) in [7, 11) is 0. The highest BCUT2D eigenvalue weighted by molar-refractivity contribution is 4.83. The Labute approximate surface area is 94.0 Å². The third-order valence-corrected chi connectivity index (χ3v) is 3.07. The lowest BCUT2D eigenvalue weighted by Crippen LogP contribution is -2.53. The van der Waals surface area contributed by atoms with Crippen LogP contribution >= 0.6 is 0 Å². The number of morpholine rings is 1. The quantitative estimate of drug-likeness (QED) is 0.770. The van der Waals surface area contributed by atoms with Gasteiger partial charge >= 0.3 is 0 Å². The minimum Gasteiger partial charge on any atom is -0.370 e. The zero-order valence-corrected chi connectivity index (χ0v) is 10.6. The van der Waals surface area contributed by atoms with E-state index in [1.807, 2.05) is 0 Å². The molecule has 2 N–H and O–H groups in total. The van der Waals surface area contributed by atoms with E-state index < -0.39 is 0 Å². The molecule has 0 spiro atoms. The summed E-state index contributed by atoms with van der Waals surface area (Å²) in [4.78, 5) is 2.50. The minimum atomic E-state index is -0.00937. The van der Waals surface area contributed by atoms with Crippen molar-refractivity contribution in [3.8, 4) is 0 Å². The molecule has 15 heavy (non-hydrogen) atoms. The Kier molecular flexibility index (Phi) is 4.56. The second kappa shape index (κ2) is 5.28. The topological polar surface area (TPSA) is 38.5 Å². The van der Waals surface area contributed by atoms with Crippen molar-refractivity contribution in [3.63, 3.8) is 0 Å². The van der Waals surface area contributed by atoms with Crippen LogP contribution < -0.4 is 5.73 Å². The van der Waals surface area contributed by atoms with Crippen molar-refractivity contribution >= 4 is 0 Å². The van der Waals surface area contributed by atoms with E-state index >= 15 is 0 Å². The molecule has 1 rings (SSSR count). The zero-order valence-electron chi connectivity index (χ0n) is 10.6. The molecule has 0 aliphatic carbocycles. The molecule has 90 valence electrons. The number of rotatable bonds is 4. The molecule has 2 atom stereocenters. The summed E-state index contributed by atoms with van der Waals surface area (Å²) in [5.74, 6) is 0.631. The van der Waals surface area contributed by atoms with Gasteiger partial charge in [-0.1, -0.05) is 13.3 Å². The predicted octanol–water partition coefficient (Wildman–Crippen LogP) is 1.47. The molecule has 1 aliphatic rings. The molecule has 1 heterocycles. The SMILES string of the molecule is CCC(CN)CN1CC(C)OC(C)(C)C1. The first-order valence-corrected chi connectivity index (χ1v) is 6.07. The molecule has 2 unspecified atom stereocenters. The van der Waals surface area contributed by atoms with E-state index in [0.29, 0.717) is 12.0 Å². The van der Waals surface area contributed by atoms with E-state index in [1.165, 1.54) is 6.42 Å². The van der Waals surface area contributed by atoms with E-state index in [4.69, 9.17) is 10.5 Å². The van der Waals surface area contributed by atoms with Crippen LogP contribution in [0.3, 0.4) is 0 Å². The summed E-state index contributed by atoms with van der Waals surface area (Å²) in [6.45, 7) is 12.7. The van der Waals surface area contributed by atoms with Gasteiger partial charge in [0.15, 0.2) is 0 Å². The molecule has 0 saturated carbocycles. The molecule has 3 nitrogen and oxygen atoms in total. The van der Waals surface area contributed by atoms with Crippen molar-refractivity contribution < 1.29 is 4.74 Å². The summed E-state index contributed by atoms with van der Waals surface area (Å²) < 4.78 is 5.88. The van der Waals surface area contributed by atoms with Crippen LogP contribution in [-0.2, 0) is 4.74 Å². The van der Waals surface area contributed by atoms with Crippen LogP contribution in [0.25, 0.3) is 0 Å². The number of hydrogen-bond acceptors (Lipinski definition) is 3. The fraction of sp³-hybridized carbons (Fsp3) is 1.00. The van der Waals surface area contributed by atoms with Gasteiger partial charge in [-0.15, -0.1) is 0 Å². The molecule has 1 saturated heterocycles. The van der Waals surface area contributed by atoms with Crippen LogP contribution in [0, 0.1) is 5.92 Å². The van der Waals surface area contributed by atoms with Crippen LogP contribution in [0.15, 0.2) is 0 Å². The van der Waals surface area contributed by atoms with Crippen molar-refractivity contribution in [2.45, 2.75) is 45.8 Å². The van der Waals surface area contributed by atoms with Gasteiger partial charge in [0.25, 0.3) is 0 Å². The Bertz CT molecular complexity index is 190. The van der Waals surface area contributed by atoms with Gasteiger partial charge in [-0.2, -0.15) is 0 Å². The molecular formula is C12H26N2O. The van der Waals surface area contributed by atoms with Gasteiger partial charge in [0.2, 0.25) is 0 Å². The van der Waals surface area contributed by atoms with Crippen LogP contribution in [-0.4, -0.2) is 42.8 Å². The van der Waals surface area contributed by atoms with Crippen LogP contribution in [0.2, 0.25) is 0 Å².